The summed E-state index contributed by atoms with van der Waals surface area (Å²) < 4.78 is 1.86. The maximum absolute atomic E-state index is 12.5. The zero-order valence-electron chi connectivity index (χ0n) is 13.7. The number of nitrogens with zero attached hydrogens (tertiary/aromatic N) is 2. The molecule has 126 valence electrons. The highest BCUT2D eigenvalue weighted by molar-refractivity contribution is 5.94. The van der Waals surface area contributed by atoms with Gasteiger partial charge in [0.1, 0.15) is 0 Å². The Morgan fingerprint density at radius 1 is 1.29 bits per heavy atom. The second-order valence-corrected chi connectivity index (χ2v) is 6.29. The number of aromatic nitrogens is 2. The Morgan fingerprint density at radius 3 is 2.75 bits per heavy atom. The topological polar surface area (TPSA) is 84.2 Å². The van der Waals surface area contributed by atoms with Crippen molar-refractivity contribution in [1.29, 1.82) is 0 Å². The van der Waals surface area contributed by atoms with Gasteiger partial charge in [0.25, 0.3) is 5.91 Å². The quantitative estimate of drug-likeness (QED) is 0.852. The van der Waals surface area contributed by atoms with Crippen LogP contribution < -0.4 is 5.32 Å². The van der Waals surface area contributed by atoms with Crippen molar-refractivity contribution in [2.75, 3.05) is 6.54 Å². The molecule has 0 saturated heterocycles. The van der Waals surface area contributed by atoms with Crippen LogP contribution >= 0.6 is 0 Å². The summed E-state index contributed by atoms with van der Waals surface area (Å²) in [5, 5.41) is 16.1. The van der Waals surface area contributed by atoms with Crippen molar-refractivity contribution in [1.82, 2.24) is 15.1 Å². The molecule has 0 fully saturated rings. The summed E-state index contributed by atoms with van der Waals surface area (Å²) in [4.78, 5) is 23.2. The van der Waals surface area contributed by atoms with Crippen LogP contribution in [0.5, 0.6) is 0 Å². The molecule has 2 aromatic rings. The zero-order chi connectivity index (χ0) is 17.1. The molecule has 0 radical (unpaired) electrons. The van der Waals surface area contributed by atoms with E-state index in [2.05, 4.69) is 10.4 Å². The van der Waals surface area contributed by atoms with Crippen LogP contribution in [0.15, 0.2) is 30.3 Å². The van der Waals surface area contributed by atoms with Crippen LogP contribution in [0.4, 0.5) is 0 Å². The molecule has 0 bridgehead atoms. The van der Waals surface area contributed by atoms with Gasteiger partial charge in [-0.1, -0.05) is 25.1 Å². The largest absolute Gasteiger partial charge is 0.481 e. The van der Waals surface area contributed by atoms with Gasteiger partial charge in [-0.3, -0.25) is 9.59 Å². The van der Waals surface area contributed by atoms with E-state index in [4.69, 9.17) is 5.11 Å². The summed E-state index contributed by atoms with van der Waals surface area (Å²) in [7, 11) is 0. The molecular weight excluding hydrogens is 306 g/mol. The van der Waals surface area contributed by atoms with E-state index < -0.39 is 5.97 Å². The third-order valence-corrected chi connectivity index (χ3v) is 4.28. The second-order valence-electron chi connectivity index (χ2n) is 6.29. The molecule has 0 spiro atoms. The van der Waals surface area contributed by atoms with E-state index in [0.717, 1.165) is 36.2 Å². The van der Waals surface area contributed by atoms with Crippen LogP contribution in [-0.2, 0) is 17.6 Å². The smallest absolute Gasteiger partial charge is 0.303 e. The molecule has 1 amide bonds. The number of carboxylic acid groups (broad SMARTS) is 1. The summed E-state index contributed by atoms with van der Waals surface area (Å²) >= 11 is 0. The SMILES string of the molecule is CC(CNC(=O)c1nn(-c2ccccc2)c2c1CCC2)CC(=O)O. The Hall–Kier alpha value is -2.63. The molecule has 6 nitrogen and oxygen atoms in total. The maximum atomic E-state index is 12.5. The Morgan fingerprint density at radius 2 is 2.04 bits per heavy atom. The number of carbonyl (C=O) groups excluding carboxylic acids is 1. The lowest BCUT2D eigenvalue weighted by Gasteiger charge is -2.09. The van der Waals surface area contributed by atoms with Crippen LogP contribution in [0.2, 0.25) is 0 Å². The number of nitrogens with one attached hydrogen (secondary N) is 1. The van der Waals surface area contributed by atoms with Crippen LogP contribution in [0.25, 0.3) is 5.69 Å². The average Bonchev–Trinajstić information content (AvgIpc) is 3.15. The van der Waals surface area contributed by atoms with Crippen molar-refractivity contribution < 1.29 is 14.7 Å². The van der Waals surface area contributed by atoms with Gasteiger partial charge < -0.3 is 10.4 Å². The molecule has 2 N–H and O–H groups in total. The number of amides is 1. The number of benzene rings is 1. The van der Waals surface area contributed by atoms with Gasteiger partial charge in [0.15, 0.2) is 5.69 Å². The van der Waals surface area contributed by atoms with Gasteiger partial charge >= 0.3 is 5.97 Å². The monoisotopic (exact) mass is 327 g/mol. The standard InChI is InChI=1S/C18H21N3O3/c1-12(10-16(22)23)11-19-18(24)17-14-8-5-9-15(14)21(20-17)13-6-3-2-4-7-13/h2-4,6-7,12H,5,8-11H2,1H3,(H,19,24)(H,22,23). The average molecular weight is 327 g/mol. The first kappa shape index (κ1) is 16.2. The molecule has 1 aromatic carbocycles. The molecule has 0 saturated carbocycles. The van der Waals surface area contributed by atoms with Gasteiger partial charge in [-0.05, 0) is 37.3 Å². The number of hydrogen-bond donors (Lipinski definition) is 2. The Labute approximate surface area is 140 Å². The summed E-state index contributed by atoms with van der Waals surface area (Å²) in [6, 6.07) is 9.80. The lowest BCUT2D eigenvalue weighted by atomic mass is 10.1. The predicted molar refractivity (Wildman–Crippen MR) is 89.3 cm³/mol. The zero-order valence-corrected chi connectivity index (χ0v) is 13.7. The minimum Gasteiger partial charge on any atom is -0.481 e. The van der Waals surface area contributed by atoms with Gasteiger partial charge in [-0.15, -0.1) is 0 Å². The van der Waals surface area contributed by atoms with Crippen LogP contribution in [0.1, 0.15) is 41.5 Å². The van der Waals surface area contributed by atoms with E-state index in [1.54, 1.807) is 6.92 Å². The van der Waals surface area contributed by atoms with Crippen molar-refractivity contribution in [3.8, 4) is 5.69 Å². The highest BCUT2D eigenvalue weighted by Crippen LogP contribution is 2.27. The number of carbonyl (C=O) groups is 2. The van der Waals surface area contributed by atoms with Crippen molar-refractivity contribution in [3.05, 3.63) is 47.3 Å². The van der Waals surface area contributed by atoms with E-state index in [1.165, 1.54) is 0 Å². The number of fused-ring (bicyclic) bond motifs is 1. The van der Waals surface area contributed by atoms with E-state index in [1.807, 2.05) is 35.0 Å². The molecule has 1 aliphatic carbocycles. The fraction of sp³-hybridized carbons (Fsp3) is 0.389. The number of carboxylic acids is 1. The third-order valence-electron chi connectivity index (χ3n) is 4.28. The minimum absolute atomic E-state index is 0.0385. The summed E-state index contributed by atoms with van der Waals surface area (Å²) in [5.74, 6) is -1.19. The number of rotatable bonds is 6. The fourth-order valence-electron chi connectivity index (χ4n) is 3.12. The van der Waals surface area contributed by atoms with E-state index in [-0.39, 0.29) is 18.2 Å². The molecule has 1 heterocycles. The molecule has 1 atom stereocenters. The predicted octanol–water partition coefficient (Wildman–Crippen LogP) is 2.20. The molecule has 6 heteroatoms. The molecular formula is C18H21N3O3. The summed E-state index contributed by atoms with van der Waals surface area (Å²) in [6.45, 7) is 2.14. The minimum atomic E-state index is -0.856. The molecule has 24 heavy (non-hydrogen) atoms. The van der Waals surface area contributed by atoms with Crippen LogP contribution in [0, 0.1) is 5.92 Å². The van der Waals surface area contributed by atoms with Gasteiger partial charge in [-0.25, -0.2) is 4.68 Å². The first-order valence-corrected chi connectivity index (χ1v) is 8.22. The van der Waals surface area contributed by atoms with Crippen molar-refractivity contribution in [3.63, 3.8) is 0 Å². The Balaban J connectivity index is 1.79. The van der Waals surface area contributed by atoms with E-state index in [9.17, 15) is 9.59 Å². The fourth-order valence-corrected chi connectivity index (χ4v) is 3.12. The van der Waals surface area contributed by atoms with E-state index in [0.29, 0.717) is 12.2 Å². The lowest BCUT2D eigenvalue weighted by Crippen LogP contribution is -2.30. The Kier molecular flexibility index (Phi) is 4.64. The van der Waals surface area contributed by atoms with E-state index >= 15 is 0 Å². The van der Waals surface area contributed by atoms with Crippen LogP contribution in [0.3, 0.4) is 0 Å². The summed E-state index contributed by atoms with van der Waals surface area (Å²) in [5.41, 5.74) is 3.54. The van der Waals surface area contributed by atoms with Crippen molar-refractivity contribution in [2.45, 2.75) is 32.6 Å². The summed E-state index contributed by atoms with van der Waals surface area (Å²) in [6.07, 6.45) is 2.84. The molecule has 0 aliphatic heterocycles. The van der Waals surface area contributed by atoms with Crippen LogP contribution in [-0.4, -0.2) is 33.3 Å². The van der Waals surface area contributed by atoms with Crippen molar-refractivity contribution >= 4 is 11.9 Å². The highest BCUT2D eigenvalue weighted by Gasteiger charge is 2.27. The van der Waals surface area contributed by atoms with Gasteiger partial charge in [0, 0.05) is 24.2 Å². The van der Waals surface area contributed by atoms with Crippen molar-refractivity contribution in [2.24, 2.45) is 5.92 Å². The number of hydrogen-bond acceptors (Lipinski definition) is 3. The second kappa shape index (κ2) is 6.86. The number of aliphatic carboxylic acids is 1. The highest BCUT2D eigenvalue weighted by atomic mass is 16.4. The number of para-hydroxylation sites is 1. The molecule has 3 rings (SSSR count). The maximum Gasteiger partial charge on any atom is 0.303 e. The first-order valence-electron chi connectivity index (χ1n) is 8.22. The Bertz CT molecular complexity index is 752. The molecule has 1 unspecified atom stereocenters. The lowest BCUT2D eigenvalue weighted by molar-refractivity contribution is -0.137. The van der Waals surface area contributed by atoms with Gasteiger partial charge in [-0.2, -0.15) is 5.10 Å². The third kappa shape index (κ3) is 3.32. The van der Waals surface area contributed by atoms with Gasteiger partial charge in [0.05, 0.1) is 5.69 Å². The first-order chi connectivity index (χ1) is 11.6. The molecule has 1 aromatic heterocycles. The normalized spacial score (nSPS) is 14.2. The van der Waals surface area contributed by atoms with Gasteiger partial charge in [0.2, 0.25) is 0 Å². The molecule has 1 aliphatic rings.